The number of rotatable bonds is 9. The fourth-order valence-electron chi connectivity index (χ4n) is 5.64. The van der Waals surface area contributed by atoms with Crippen LogP contribution in [-0.4, -0.2) is 85.8 Å². The van der Waals surface area contributed by atoms with Gasteiger partial charge in [0.15, 0.2) is 29.7 Å². The molecule has 5 atom stereocenters. The summed E-state index contributed by atoms with van der Waals surface area (Å²) in [6, 6.07) is 9.53. The van der Waals surface area contributed by atoms with Crippen LogP contribution in [0.15, 0.2) is 59.6 Å². The van der Waals surface area contributed by atoms with Gasteiger partial charge < -0.3 is 23.8 Å². The minimum absolute atomic E-state index is 0.199. The molecule has 1 aliphatic rings. The van der Waals surface area contributed by atoms with E-state index in [1.165, 1.54) is 12.1 Å². The standard InChI is InChI=1S/C32H31F3N4O9S/c1-16(40)45-15-27-30(46-17(2)41)29(39-14-25(36-37-39)20-12-23(33)28(35)24(34)13-20)31(47-18(3)42)32(48-27)49(43,44)21-9-10-22-19(11-21)7-6-8-26(22)38(4)5/h6-14,27,29-32H,15H2,1-5H3/t27?,29?,30-,31?,32+/m0/s1. The van der Waals surface area contributed by atoms with Gasteiger partial charge in [-0.3, -0.25) is 14.4 Å². The zero-order chi connectivity index (χ0) is 35.8. The number of benzene rings is 3. The van der Waals surface area contributed by atoms with Gasteiger partial charge in [0.2, 0.25) is 15.3 Å². The van der Waals surface area contributed by atoms with Crippen molar-refractivity contribution in [3.05, 3.63) is 72.2 Å². The monoisotopic (exact) mass is 704 g/mol. The Morgan fingerprint density at radius 1 is 0.918 bits per heavy atom. The molecule has 0 spiro atoms. The van der Waals surface area contributed by atoms with Crippen molar-refractivity contribution in [2.24, 2.45) is 0 Å². The van der Waals surface area contributed by atoms with Gasteiger partial charge in [-0.1, -0.05) is 23.4 Å². The molecular weight excluding hydrogens is 673 g/mol. The molecule has 17 heteroatoms. The minimum atomic E-state index is -4.60. The molecule has 13 nitrogen and oxygen atoms in total. The Morgan fingerprint density at radius 2 is 1.57 bits per heavy atom. The van der Waals surface area contributed by atoms with E-state index >= 15 is 0 Å². The molecule has 1 aromatic heterocycles. The first-order chi connectivity index (χ1) is 23.1. The van der Waals surface area contributed by atoms with Gasteiger partial charge in [-0.2, -0.15) is 0 Å². The van der Waals surface area contributed by atoms with E-state index in [0.717, 1.165) is 42.7 Å². The second kappa shape index (κ2) is 13.8. The zero-order valence-electron chi connectivity index (χ0n) is 26.8. The number of ether oxygens (including phenoxy) is 4. The van der Waals surface area contributed by atoms with Crippen molar-refractivity contribution in [1.29, 1.82) is 0 Å². The highest BCUT2D eigenvalue weighted by atomic mass is 32.2. The van der Waals surface area contributed by atoms with E-state index in [1.807, 2.05) is 25.1 Å². The molecule has 260 valence electrons. The van der Waals surface area contributed by atoms with Crippen molar-refractivity contribution in [1.82, 2.24) is 15.0 Å². The van der Waals surface area contributed by atoms with Crippen molar-refractivity contribution in [2.75, 3.05) is 25.6 Å². The van der Waals surface area contributed by atoms with Crippen molar-refractivity contribution < 1.29 is 54.9 Å². The maximum Gasteiger partial charge on any atom is 0.303 e. The van der Waals surface area contributed by atoms with Crippen molar-refractivity contribution in [3.8, 4) is 11.3 Å². The third-order valence-electron chi connectivity index (χ3n) is 7.71. The van der Waals surface area contributed by atoms with Crippen LogP contribution in [0.5, 0.6) is 0 Å². The molecule has 1 fully saturated rings. The van der Waals surface area contributed by atoms with Crippen LogP contribution < -0.4 is 4.90 Å². The van der Waals surface area contributed by atoms with Crippen LogP contribution in [0.25, 0.3) is 22.0 Å². The third-order valence-corrected chi connectivity index (χ3v) is 9.61. The lowest BCUT2D eigenvalue weighted by atomic mass is 9.96. The van der Waals surface area contributed by atoms with Gasteiger partial charge in [0, 0.05) is 51.5 Å². The Kier molecular flexibility index (Phi) is 9.96. The number of aromatic nitrogens is 3. The molecule has 0 N–H and O–H groups in total. The fraction of sp³-hybridized carbons (Fsp3) is 0.344. The normalized spacial score (nSPS) is 20.9. The maximum absolute atomic E-state index is 14.5. The van der Waals surface area contributed by atoms with Crippen molar-refractivity contribution in [2.45, 2.75) is 55.5 Å². The van der Waals surface area contributed by atoms with E-state index < -0.39 is 81.6 Å². The van der Waals surface area contributed by atoms with Crippen LogP contribution in [0, 0.1) is 17.5 Å². The zero-order valence-corrected chi connectivity index (χ0v) is 27.6. The lowest BCUT2D eigenvalue weighted by Crippen LogP contribution is -2.60. The quantitative estimate of drug-likeness (QED) is 0.142. The molecule has 49 heavy (non-hydrogen) atoms. The summed E-state index contributed by atoms with van der Waals surface area (Å²) in [7, 11) is -0.936. The lowest BCUT2D eigenvalue weighted by molar-refractivity contribution is -0.213. The van der Waals surface area contributed by atoms with Crippen molar-refractivity contribution in [3.63, 3.8) is 0 Å². The predicted octanol–water partition coefficient (Wildman–Crippen LogP) is 3.75. The average molecular weight is 705 g/mol. The summed E-state index contributed by atoms with van der Waals surface area (Å²) in [5.41, 5.74) is -1.62. The van der Waals surface area contributed by atoms with Crippen LogP contribution >= 0.6 is 0 Å². The number of hydrogen-bond donors (Lipinski definition) is 0. The number of anilines is 1. The molecular formula is C32H31F3N4O9S. The van der Waals surface area contributed by atoms with Gasteiger partial charge in [-0.25, -0.2) is 26.3 Å². The Labute approximate surface area is 278 Å². The van der Waals surface area contributed by atoms with E-state index in [-0.39, 0.29) is 16.2 Å². The third kappa shape index (κ3) is 7.22. The largest absolute Gasteiger partial charge is 0.463 e. The minimum Gasteiger partial charge on any atom is -0.463 e. The van der Waals surface area contributed by atoms with Gasteiger partial charge in [0.25, 0.3) is 0 Å². The summed E-state index contributed by atoms with van der Waals surface area (Å²) in [4.78, 5) is 38.3. The molecule has 1 saturated heterocycles. The number of esters is 3. The van der Waals surface area contributed by atoms with Crippen molar-refractivity contribution >= 4 is 44.2 Å². The Hall–Kier alpha value is -5.03. The Bertz CT molecular complexity index is 2020. The smallest absolute Gasteiger partial charge is 0.303 e. The fourth-order valence-corrected chi connectivity index (χ4v) is 7.31. The number of carbonyl (C=O) groups excluding carboxylic acids is 3. The van der Waals surface area contributed by atoms with Gasteiger partial charge in [-0.15, -0.1) is 5.10 Å². The highest BCUT2D eigenvalue weighted by Gasteiger charge is 2.56. The topological polar surface area (TPSA) is 156 Å². The molecule has 0 amide bonds. The first-order valence-electron chi connectivity index (χ1n) is 14.7. The molecule has 3 unspecified atom stereocenters. The SMILES string of the molecule is CC(=O)OCC1O[C@H](S(=O)(=O)c2ccc3c(N(C)C)cccc3c2)C(OC(C)=O)C(n2cc(-c3cc(F)c(F)c(F)c3)nn2)[C@H]1OC(C)=O. The first-order valence-corrected chi connectivity index (χ1v) is 16.3. The summed E-state index contributed by atoms with van der Waals surface area (Å²) in [6.07, 6.45) is -3.68. The van der Waals surface area contributed by atoms with Crippen LogP contribution in [0.2, 0.25) is 0 Å². The van der Waals surface area contributed by atoms with E-state index in [0.29, 0.717) is 17.5 Å². The molecule has 2 heterocycles. The van der Waals surface area contributed by atoms with Crippen LogP contribution in [-0.2, 0) is 43.2 Å². The van der Waals surface area contributed by atoms with Gasteiger partial charge in [-0.05, 0) is 35.7 Å². The number of halogens is 3. The summed E-state index contributed by atoms with van der Waals surface area (Å²) in [5.74, 6) is -7.31. The summed E-state index contributed by atoms with van der Waals surface area (Å²) >= 11 is 0. The van der Waals surface area contributed by atoms with Gasteiger partial charge in [0.05, 0.1) is 11.1 Å². The van der Waals surface area contributed by atoms with E-state index in [4.69, 9.17) is 18.9 Å². The van der Waals surface area contributed by atoms with E-state index in [9.17, 15) is 36.0 Å². The van der Waals surface area contributed by atoms with Crippen LogP contribution in [0.3, 0.4) is 0 Å². The molecule has 0 saturated carbocycles. The van der Waals surface area contributed by atoms with Gasteiger partial charge >= 0.3 is 17.9 Å². The number of nitrogens with zero attached hydrogens (tertiary/aromatic N) is 4. The summed E-state index contributed by atoms with van der Waals surface area (Å²) in [6.45, 7) is 2.56. The van der Waals surface area contributed by atoms with E-state index in [2.05, 4.69) is 10.3 Å². The molecule has 5 rings (SSSR count). The number of sulfone groups is 1. The lowest BCUT2D eigenvalue weighted by Gasteiger charge is -2.44. The second-order valence-electron chi connectivity index (χ2n) is 11.4. The number of carbonyl (C=O) groups is 3. The predicted molar refractivity (Wildman–Crippen MR) is 166 cm³/mol. The van der Waals surface area contributed by atoms with Crippen LogP contribution in [0.1, 0.15) is 26.8 Å². The molecule has 0 aliphatic carbocycles. The number of fused-ring (bicyclic) bond motifs is 1. The molecule has 0 bridgehead atoms. The first kappa shape index (κ1) is 35.3. The molecule has 1 aliphatic heterocycles. The Morgan fingerprint density at radius 3 is 2.18 bits per heavy atom. The van der Waals surface area contributed by atoms with Gasteiger partial charge in [0.1, 0.15) is 24.4 Å². The highest BCUT2D eigenvalue weighted by Crippen LogP contribution is 2.40. The summed E-state index contributed by atoms with van der Waals surface area (Å²) < 4.78 is 94.0. The van der Waals surface area contributed by atoms with Crippen LogP contribution in [0.4, 0.5) is 18.9 Å². The second-order valence-corrected chi connectivity index (χ2v) is 13.4. The summed E-state index contributed by atoms with van der Waals surface area (Å²) in [5, 5.41) is 9.19. The average Bonchev–Trinajstić information content (AvgIpc) is 3.51. The van der Waals surface area contributed by atoms with E-state index in [1.54, 1.807) is 18.2 Å². The maximum atomic E-state index is 14.5. The number of hydrogen-bond acceptors (Lipinski definition) is 12. The molecule has 0 radical (unpaired) electrons. The molecule has 4 aromatic rings. The highest BCUT2D eigenvalue weighted by molar-refractivity contribution is 7.92. The molecule has 3 aromatic carbocycles. The Balaban J connectivity index is 1.68.